The Hall–Kier alpha value is -1.99. The number of carbonyl (C=O) groups excluding carboxylic acids is 1. The molecule has 1 aliphatic carbocycles. The van der Waals surface area contributed by atoms with E-state index in [4.69, 9.17) is 23.2 Å². The summed E-state index contributed by atoms with van der Waals surface area (Å²) in [7, 11) is 1.17. The molecule has 0 saturated heterocycles. The van der Waals surface area contributed by atoms with Crippen molar-refractivity contribution in [2.45, 2.75) is 25.3 Å². The number of nitrogens with zero attached hydrogens (tertiary/aromatic N) is 3. The van der Waals surface area contributed by atoms with E-state index in [9.17, 15) is 18.0 Å². The summed E-state index contributed by atoms with van der Waals surface area (Å²) in [5.74, 6) is -1.90. The molecule has 27 heavy (non-hydrogen) atoms. The summed E-state index contributed by atoms with van der Waals surface area (Å²) in [5, 5.41) is 4.15. The summed E-state index contributed by atoms with van der Waals surface area (Å²) in [5.41, 5.74) is -0.354. The minimum atomic E-state index is -3.06. The first-order valence-electron chi connectivity index (χ1n) is 8.15. The number of hydrogen-bond acceptors (Lipinski definition) is 2. The van der Waals surface area contributed by atoms with Crippen molar-refractivity contribution in [2.75, 3.05) is 6.54 Å². The molecule has 0 spiro atoms. The lowest BCUT2D eigenvalue weighted by Gasteiger charge is -2.24. The number of aryl methyl sites for hydroxylation is 1. The van der Waals surface area contributed by atoms with Crippen molar-refractivity contribution in [2.24, 2.45) is 7.05 Å². The standard InChI is InChI=1S/C18H16Cl2F3N3O/c1-9(10-3-6-12(19)13(20)7-10)8-26(11-4-5-11)18(27)14-15(16(21)22)24-25(2)17(14)23/h3,6-7,11,16H,1,4-5,8H2,2H3. The Morgan fingerprint density at radius 1 is 1.37 bits per heavy atom. The van der Waals surface area contributed by atoms with E-state index < -0.39 is 29.5 Å². The number of alkyl halides is 2. The molecule has 0 N–H and O–H groups in total. The Kier molecular flexibility index (Phi) is 5.53. The third-order valence-corrected chi connectivity index (χ3v) is 5.10. The molecule has 0 atom stereocenters. The Bertz CT molecular complexity index is 909. The van der Waals surface area contributed by atoms with Crippen LogP contribution < -0.4 is 0 Å². The van der Waals surface area contributed by atoms with Crippen LogP contribution in [0.3, 0.4) is 0 Å². The van der Waals surface area contributed by atoms with E-state index in [2.05, 4.69) is 11.7 Å². The minimum absolute atomic E-state index is 0.0540. The van der Waals surface area contributed by atoms with E-state index in [-0.39, 0.29) is 12.6 Å². The Balaban J connectivity index is 1.89. The van der Waals surface area contributed by atoms with Crippen LogP contribution in [0.2, 0.25) is 10.0 Å². The average molecular weight is 418 g/mol. The fourth-order valence-corrected chi connectivity index (χ4v) is 3.08. The lowest BCUT2D eigenvalue weighted by molar-refractivity contribution is 0.0747. The van der Waals surface area contributed by atoms with Gasteiger partial charge in [0, 0.05) is 19.6 Å². The van der Waals surface area contributed by atoms with Crippen LogP contribution in [-0.4, -0.2) is 33.2 Å². The SMILES string of the molecule is C=C(CN(C(=O)c1c(C(F)F)nn(C)c1F)C1CC1)c1ccc(Cl)c(Cl)c1. The van der Waals surface area contributed by atoms with Gasteiger partial charge in [0.15, 0.2) is 0 Å². The van der Waals surface area contributed by atoms with Gasteiger partial charge in [-0.2, -0.15) is 9.49 Å². The lowest BCUT2D eigenvalue weighted by Crippen LogP contribution is -2.35. The van der Waals surface area contributed by atoms with Gasteiger partial charge in [-0.3, -0.25) is 4.79 Å². The van der Waals surface area contributed by atoms with E-state index in [1.54, 1.807) is 18.2 Å². The van der Waals surface area contributed by atoms with Crippen LogP contribution in [0.15, 0.2) is 24.8 Å². The smallest absolute Gasteiger partial charge is 0.283 e. The van der Waals surface area contributed by atoms with Gasteiger partial charge in [-0.15, -0.1) is 0 Å². The molecule has 1 amide bonds. The fourth-order valence-electron chi connectivity index (χ4n) is 2.78. The van der Waals surface area contributed by atoms with Crippen molar-refractivity contribution in [1.82, 2.24) is 14.7 Å². The molecule has 3 rings (SSSR count). The second-order valence-corrected chi connectivity index (χ2v) is 7.19. The molecule has 0 aliphatic heterocycles. The van der Waals surface area contributed by atoms with Crippen molar-refractivity contribution in [1.29, 1.82) is 0 Å². The van der Waals surface area contributed by atoms with Gasteiger partial charge in [0.1, 0.15) is 11.3 Å². The maximum absolute atomic E-state index is 14.3. The summed E-state index contributed by atoms with van der Waals surface area (Å²) in [6, 6.07) is 4.75. The monoisotopic (exact) mass is 417 g/mol. The van der Waals surface area contributed by atoms with Gasteiger partial charge in [0.2, 0.25) is 5.95 Å². The zero-order valence-corrected chi connectivity index (χ0v) is 15.9. The second-order valence-electron chi connectivity index (χ2n) is 6.37. The predicted molar refractivity (Wildman–Crippen MR) is 97.7 cm³/mol. The van der Waals surface area contributed by atoms with Crippen molar-refractivity contribution in [3.05, 3.63) is 57.6 Å². The summed E-state index contributed by atoms with van der Waals surface area (Å²) in [6.45, 7) is 4.00. The number of carbonyl (C=O) groups is 1. The molecule has 1 aromatic carbocycles. The number of aromatic nitrogens is 2. The van der Waals surface area contributed by atoms with E-state index in [0.717, 1.165) is 0 Å². The largest absolute Gasteiger partial charge is 0.331 e. The fraction of sp³-hybridized carbons (Fsp3) is 0.333. The third kappa shape index (κ3) is 3.99. The molecule has 9 heteroatoms. The van der Waals surface area contributed by atoms with E-state index in [0.29, 0.717) is 38.7 Å². The topological polar surface area (TPSA) is 38.1 Å². The van der Waals surface area contributed by atoms with Crippen LogP contribution in [0.4, 0.5) is 13.2 Å². The highest BCUT2D eigenvalue weighted by Crippen LogP contribution is 2.33. The highest BCUT2D eigenvalue weighted by atomic mass is 35.5. The van der Waals surface area contributed by atoms with Crippen LogP contribution >= 0.6 is 23.2 Å². The number of rotatable bonds is 6. The molecular formula is C18H16Cl2F3N3O. The van der Waals surface area contributed by atoms with Crippen LogP contribution in [0.1, 0.15) is 40.9 Å². The highest BCUT2D eigenvalue weighted by molar-refractivity contribution is 6.42. The molecule has 1 saturated carbocycles. The zero-order valence-electron chi connectivity index (χ0n) is 14.4. The minimum Gasteiger partial charge on any atom is -0.331 e. The first-order valence-corrected chi connectivity index (χ1v) is 8.91. The van der Waals surface area contributed by atoms with E-state index >= 15 is 0 Å². The Labute approximate surface area is 164 Å². The van der Waals surface area contributed by atoms with Gasteiger partial charge < -0.3 is 4.90 Å². The number of halogens is 5. The molecule has 0 radical (unpaired) electrons. The maximum Gasteiger partial charge on any atom is 0.283 e. The second kappa shape index (κ2) is 7.56. The molecule has 1 heterocycles. The van der Waals surface area contributed by atoms with Crippen molar-refractivity contribution in [3.63, 3.8) is 0 Å². The molecule has 0 bridgehead atoms. The number of benzene rings is 1. The Morgan fingerprint density at radius 2 is 2.04 bits per heavy atom. The first-order chi connectivity index (χ1) is 12.7. The highest BCUT2D eigenvalue weighted by Gasteiger charge is 2.38. The van der Waals surface area contributed by atoms with Crippen LogP contribution in [-0.2, 0) is 7.05 Å². The van der Waals surface area contributed by atoms with Crippen LogP contribution in [0.5, 0.6) is 0 Å². The molecular weight excluding hydrogens is 402 g/mol. The van der Waals surface area contributed by atoms with Gasteiger partial charge in [0.05, 0.1) is 10.0 Å². The summed E-state index contributed by atoms with van der Waals surface area (Å²) in [6.07, 6.45) is -1.63. The molecule has 1 aliphatic rings. The molecule has 0 unspecified atom stereocenters. The van der Waals surface area contributed by atoms with Gasteiger partial charge in [-0.05, 0) is 36.1 Å². The van der Waals surface area contributed by atoms with Gasteiger partial charge >= 0.3 is 0 Å². The van der Waals surface area contributed by atoms with Gasteiger partial charge in [-0.1, -0.05) is 35.8 Å². The first kappa shape index (κ1) is 19.8. The van der Waals surface area contributed by atoms with E-state index in [1.807, 2.05) is 0 Å². The zero-order chi connectivity index (χ0) is 19.9. The number of hydrogen-bond donors (Lipinski definition) is 0. The molecule has 1 aromatic heterocycles. The third-order valence-electron chi connectivity index (χ3n) is 4.36. The summed E-state index contributed by atoms with van der Waals surface area (Å²) < 4.78 is 41.4. The lowest BCUT2D eigenvalue weighted by atomic mass is 10.1. The maximum atomic E-state index is 14.3. The molecule has 4 nitrogen and oxygen atoms in total. The van der Waals surface area contributed by atoms with Crippen LogP contribution in [0.25, 0.3) is 5.57 Å². The average Bonchev–Trinajstić information content (AvgIpc) is 3.40. The number of amides is 1. The predicted octanol–water partition coefficient (Wildman–Crippen LogP) is 5.12. The Morgan fingerprint density at radius 3 is 2.59 bits per heavy atom. The summed E-state index contributed by atoms with van der Waals surface area (Å²) >= 11 is 11.9. The quantitative estimate of drug-likeness (QED) is 0.653. The molecule has 2 aromatic rings. The van der Waals surface area contributed by atoms with Crippen molar-refractivity contribution in [3.8, 4) is 0 Å². The summed E-state index contributed by atoms with van der Waals surface area (Å²) in [4.78, 5) is 14.2. The van der Waals surface area contributed by atoms with Gasteiger partial charge in [-0.25, -0.2) is 13.5 Å². The van der Waals surface area contributed by atoms with Crippen LogP contribution in [0, 0.1) is 5.95 Å². The van der Waals surface area contributed by atoms with Gasteiger partial charge in [0.25, 0.3) is 12.3 Å². The normalized spacial score (nSPS) is 13.9. The van der Waals surface area contributed by atoms with Crippen molar-refractivity contribution >= 4 is 34.7 Å². The molecule has 1 fully saturated rings. The van der Waals surface area contributed by atoms with Crippen molar-refractivity contribution < 1.29 is 18.0 Å². The van der Waals surface area contributed by atoms with E-state index in [1.165, 1.54) is 11.9 Å². The molecule has 144 valence electrons.